The number of aryl methyl sites for hydroxylation is 1. The summed E-state index contributed by atoms with van der Waals surface area (Å²) in [6.07, 6.45) is 0. The second kappa shape index (κ2) is 8.97. The quantitative estimate of drug-likeness (QED) is 0.687. The summed E-state index contributed by atoms with van der Waals surface area (Å²) in [6.45, 7) is 4.59. The molecule has 1 rings (SSSR count). The van der Waals surface area contributed by atoms with Crippen molar-refractivity contribution >= 4 is 11.8 Å². The van der Waals surface area contributed by atoms with Gasteiger partial charge in [-0.05, 0) is 31.0 Å². The standard InChI is InChI=1S/C15H22N2O4/c1-11-5-4-6-13(12(11)2)21-10-15(19)17-9-14(18)16-7-8-20-3/h4-6H,7-10H2,1-3H3,(H,16,18)(H,17,19). The summed E-state index contributed by atoms with van der Waals surface area (Å²) in [4.78, 5) is 23.0. The third kappa shape index (κ3) is 6.27. The molecule has 1 aromatic carbocycles. The first kappa shape index (κ1) is 17.0. The summed E-state index contributed by atoms with van der Waals surface area (Å²) in [5, 5.41) is 5.11. The summed E-state index contributed by atoms with van der Waals surface area (Å²) < 4.78 is 10.3. The predicted octanol–water partition coefficient (Wildman–Crippen LogP) is 0.561. The fourth-order valence-electron chi connectivity index (χ4n) is 1.61. The minimum Gasteiger partial charge on any atom is -0.483 e. The van der Waals surface area contributed by atoms with Gasteiger partial charge in [0.2, 0.25) is 5.91 Å². The molecule has 0 atom stereocenters. The van der Waals surface area contributed by atoms with Crippen LogP contribution in [-0.2, 0) is 14.3 Å². The maximum Gasteiger partial charge on any atom is 0.258 e. The van der Waals surface area contributed by atoms with Crippen LogP contribution >= 0.6 is 0 Å². The molecule has 0 aliphatic heterocycles. The third-order valence-electron chi connectivity index (χ3n) is 2.99. The number of amides is 2. The smallest absolute Gasteiger partial charge is 0.258 e. The summed E-state index contributed by atoms with van der Waals surface area (Å²) in [7, 11) is 1.55. The molecule has 2 N–H and O–H groups in total. The molecule has 0 aromatic heterocycles. The number of carbonyl (C=O) groups is 2. The Balaban J connectivity index is 2.28. The van der Waals surface area contributed by atoms with Crippen LogP contribution in [0.1, 0.15) is 11.1 Å². The first-order valence-corrected chi connectivity index (χ1v) is 6.76. The summed E-state index contributed by atoms with van der Waals surface area (Å²) >= 11 is 0. The van der Waals surface area contributed by atoms with Crippen molar-refractivity contribution < 1.29 is 19.1 Å². The van der Waals surface area contributed by atoms with Crippen LogP contribution in [0.25, 0.3) is 0 Å². The Morgan fingerprint density at radius 3 is 2.62 bits per heavy atom. The molecular weight excluding hydrogens is 272 g/mol. The lowest BCUT2D eigenvalue weighted by Crippen LogP contribution is -2.39. The van der Waals surface area contributed by atoms with Gasteiger partial charge in [0, 0.05) is 13.7 Å². The molecular formula is C15H22N2O4. The van der Waals surface area contributed by atoms with Crippen LogP contribution in [0.4, 0.5) is 0 Å². The lowest BCUT2D eigenvalue weighted by Gasteiger charge is -2.11. The van der Waals surface area contributed by atoms with E-state index in [2.05, 4.69) is 10.6 Å². The van der Waals surface area contributed by atoms with E-state index >= 15 is 0 Å². The SMILES string of the molecule is COCCNC(=O)CNC(=O)COc1cccc(C)c1C. The second-order valence-electron chi connectivity index (χ2n) is 4.61. The molecule has 6 nitrogen and oxygen atoms in total. The van der Waals surface area contributed by atoms with Crippen molar-refractivity contribution in [1.82, 2.24) is 10.6 Å². The van der Waals surface area contributed by atoms with Crippen molar-refractivity contribution in [2.75, 3.05) is 33.4 Å². The fourth-order valence-corrected chi connectivity index (χ4v) is 1.61. The molecule has 0 bridgehead atoms. The summed E-state index contributed by atoms with van der Waals surface area (Å²) in [5.74, 6) is 0.0830. The second-order valence-corrected chi connectivity index (χ2v) is 4.61. The number of hydrogen-bond acceptors (Lipinski definition) is 4. The lowest BCUT2D eigenvalue weighted by molar-refractivity contribution is -0.127. The number of methoxy groups -OCH3 is 1. The molecule has 0 saturated heterocycles. The van der Waals surface area contributed by atoms with E-state index in [1.807, 2.05) is 32.0 Å². The van der Waals surface area contributed by atoms with Gasteiger partial charge in [0.15, 0.2) is 6.61 Å². The Hall–Kier alpha value is -2.08. The third-order valence-corrected chi connectivity index (χ3v) is 2.99. The predicted molar refractivity (Wildman–Crippen MR) is 79.3 cm³/mol. The molecule has 0 spiro atoms. The van der Waals surface area contributed by atoms with Gasteiger partial charge in [-0.1, -0.05) is 12.1 Å². The number of ether oxygens (including phenoxy) is 2. The van der Waals surface area contributed by atoms with E-state index in [-0.39, 0.29) is 25.0 Å². The van der Waals surface area contributed by atoms with Crippen LogP contribution in [0.2, 0.25) is 0 Å². The largest absolute Gasteiger partial charge is 0.483 e. The highest BCUT2D eigenvalue weighted by Crippen LogP contribution is 2.20. The maximum absolute atomic E-state index is 11.6. The van der Waals surface area contributed by atoms with E-state index in [0.717, 1.165) is 11.1 Å². The van der Waals surface area contributed by atoms with Gasteiger partial charge in [-0.3, -0.25) is 9.59 Å². The molecule has 0 fully saturated rings. The van der Waals surface area contributed by atoms with Crippen LogP contribution < -0.4 is 15.4 Å². The van der Waals surface area contributed by atoms with Gasteiger partial charge < -0.3 is 20.1 Å². The zero-order chi connectivity index (χ0) is 15.7. The highest BCUT2D eigenvalue weighted by molar-refractivity contribution is 5.85. The van der Waals surface area contributed by atoms with Crippen molar-refractivity contribution in [2.45, 2.75) is 13.8 Å². The molecule has 6 heteroatoms. The molecule has 0 aliphatic carbocycles. The van der Waals surface area contributed by atoms with Crippen LogP contribution in [0.15, 0.2) is 18.2 Å². The van der Waals surface area contributed by atoms with E-state index in [0.29, 0.717) is 18.9 Å². The van der Waals surface area contributed by atoms with Crippen molar-refractivity contribution in [3.05, 3.63) is 29.3 Å². The minimum absolute atomic E-state index is 0.0707. The van der Waals surface area contributed by atoms with Crippen molar-refractivity contribution in [2.24, 2.45) is 0 Å². The van der Waals surface area contributed by atoms with E-state index in [4.69, 9.17) is 9.47 Å². The number of rotatable bonds is 8. The fraction of sp³-hybridized carbons (Fsp3) is 0.467. The molecule has 2 amide bonds. The first-order chi connectivity index (χ1) is 10.0. The molecule has 0 radical (unpaired) electrons. The average Bonchev–Trinajstić information content (AvgIpc) is 2.47. The Kier molecular flexibility index (Phi) is 7.25. The van der Waals surface area contributed by atoms with Gasteiger partial charge in [-0.15, -0.1) is 0 Å². The first-order valence-electron chi connectivity index (χ1n) is 6.76. The zero-order valence-electron chi connectivity index (χ0n) is 12.7. The van der Waals surface area contributed by atoms with Gasteiger partial charge >= 0.3 is 0 Å². The van der Waals surface area contributed by atoms with Crippen LogP contribution in [0.5, 0.6) is 5.75 Å². The highest BCUT2D eigenvalue weighted by Gasteiger charge is 2.07. The number of benzene rings is 1. The maximum atomic E-state index is 11.6. The number of hydrogen-bond donors (Lipinski definition) is 2. The Morgan fingerprint density at radius 1 is 1.14 bits per heavy atom. The molecule has 21 heavy (non-hydrogen) atoms. The monoisotopic (exact) mass is 294 g/mol. The lowest BCUT2D eigenvalue weighted by atomic mass is 10.1. The van der Waals surface area contributed by atoms with Gasteiger partial charge in [0.05, 0.1) is 13.2 Å². The Labute approximate surface area is 124 Å². The molecule has 0 aliphatic rings. The highest BCUT2D eigenvalue weighted by atomic mass is 16.5. The number of carbonyl (C=O) groups excluding carboxylic acids is 2. The van der Waals surface area contributed by atoms with Gasteiger partial charge in [-0.25, -0.2) is 0 Å². The van der Waals surface area contributed by atoms with Crippen molar-refractivity contribution in [3.8, 4) is 5.75 Å². The normalized spacial score (nSPS) is 10.0. The van der Waals surface area contributed by atoms with Gasteiger partial charge in [0.1, 0.15) is 5.75 Å². The van der Waals surface area contributed by atoms with Gasteiger partial charge in [0.25, 0.3) is 5.91 Å². The van der Waals surface area contributed by atoms with Crippen molar-refractivity contribution in [1.29, 1.82) is 0 Å². The average molecular weight is 294 g/mol. The van der Waals surface area contributed by atoms with E-state index in [9.17, 15) is 9.59 Å². The van der Waals surface area contributed by atoms with E-state index in [1.54, 1.807) is 7.11 Å². The van der Waals surface area contributed by atoms with E-state index < -0.39 is 0 Å². The topological polar surface area (TPSA) is 76.7 Å². The minimum atomic E-state index is -0.335. The Bertz CT molecular complexity index is 489. The Morgan fingerprint density at radius 2 is 1.90 bits per heavy atom. The molecule has 0 saturated carbocycles. The van der Waals surface area contributed by atoms with Crippen molar-refractivity contribution in [3.63, 3.8) is 0 Å². The summed E-state index contributed by atoms with van der Waals surface area (Å²) in [5.41, 5.74) is 2.10. The van der Waals surface area contributed by atoms with Crippen LogP contribution in [0, 0.1) is 13.8 Å². The van der Waals surface area contributed by atoms with Gasteiger partial charge in [-0.2, -0.15) is 0 Å². The van der Waals surface area contributed by atoms with E-state index in [1.165, 1.54) is 0 Å². The molecule has 1 aromatic rings. The molecule has 0 heterocycles. The summed E-state index contributed by atoms with van der Waals surface area (Å²) in [6, 6.07) is 5.67. The molecule has 0 unspecified atom stereocenters. The van der Waals surface area contributed by atoms with Crippen LogP contribution in [-0.4, -0.2) is 45.2 Å². The zero-order valence-corrected chi connectivity index (χ0v) is 12.7. The molecule has 116 valence electrons. The van der Waals surface area contributed by atoms with Crippen LogP contribution in [0.3, 0.4) is 0 Å². The number of nitrogens with one attached hydrogen (secondary N) is 2.